The lowest BCUT2D eigenvalue weighted by Crippen LogP contribution is -2.28. The molecule has 4 nitrogen and oxygen atoms in total. The Morgan fingerprint density at radius 1 is 1.23 bits per heavy atom. The topological polar surface area (TPSA) is 50.4 Å². The fraction of sp³-hybridized carbons (Fsp3) is 0.118. The number of benzene rings is 2. The fourth-order valence-corrected chi connectivity index (χ4v) is 1.90. The molecule has 2 aromatic carbocycles. The maximum Gasteiger partial charge on any atom is 0.319 e. The number of carbonyl (C=O) groups excluding carboxylic acids is 1. The van der Waals surface area contributed by atoms with E-state index in [2.05, 4.69) is 22.5 Å². The van der Waals surface area contributed by atoms with Crippen molar-refractivity contribution in [3.8, 4) is 17.6 Å². The van der Waals surface area contributed by atoms with E-state index in [1.807, 2.05) is 12.1 Å². The van der Waals surface area contributed by atoms with Gasteiger partial charge in [-0.25, -0.2) is 4.79 Å². The van der Waals surface area contributed by atoms with Gasteiger partial charge < -0.3 is 15.4 Å². The van der Waals surface area contributed by atoms with Crippen molar-refractivity contribution >= 4 is 23.3 Å². The van der Waals surface area contributed by atoms with Crippen molar-refractivity contribution in [3.63, 3.8) is 0 Å². The molecule has 0 aliphatic heterocycles. The molecule has 0 heterocycles. The summed E-state index contributed by atoms with van der Waals surface area (Å²) in [7, 11) is 1.57. The van der Waals surface area contributed by atoms with Crippen molar-refractivity contribution in [2.45, 2.75) is 0 Å². The van der Waals surface area contributed by atoms with Gasteiger partial charge in [0.2, 0.25) is 0 Å². The third kappa shape index (κ3) is 5.04. The number of methoxy groups -OCH3 is 1. The number of nitrogens with one attached hydrogen (secondary N) is 2. The molecular weight excluding hydrogens is 300 g/mol. The third-order valence-corrected chi connectivity index (χ3v) is 2.96. The molecule has 2 rings (SSSR count). The number of hydrogen-bond donors (Lipinski definition) is 2. The molecule has 0 aromatic heterocycles. The largest absolute Gasteiger partial charge is 0.497 e. The molecular formula is C17H15ClN2O2. The number of urea groups is 1. The van der Waals surface area contributed by atoms with Gasteiger partial charge in [0.05, 0.1) is 13.7 Å². The number of hydrogen-bond acceptors (Lipinski definition) is 2. The Morgan fingerprint density at radius 3 is 2.82 bits per heavy atom. The van der Waals surface area contributed by atoms with Crippen LogP contribution >= 0.6 is 11.6 Å². The second-order valence-electron chi connectivity index (χ2n) is 4.35. The van der Waals surface area contributed by atoms with E-state index in [0.717, 1.165) is 5.56 Å². The highest BCUT2D eigenvalue weighted by molar-refractivity contribution is 6.30. The number of anilines is 1. The van der Waals surface area contributed by atoms with Gasteiger partial charge in [0.25, 0.3) is 0 Å². The van der Waals surface area contributed by atoms with Crippen LogP contribution < -0.4 is 15.4 Å². The molecule has 0 aliphatic rings. The lowest BCUT2D eigenvalue weighted by atomic mass is 10.2. The molecule has 0 atom stereocenters. The molecule has 22 heavy (non-hydrogen) atoms. The van der Waals surface area contributed by atoms with Gasteiger partial charge >= 0.3 is 6.03 Å². The molecule has 0 fully saturated rings. The maximum atomic E-state index is 11.7. The molecule has 0 bridgehead atoms. The number of ether oxygens (including phenoxy) is 1. The van der Waals surface area contributed by atoms with Crippen LogP contribution in [0.3, 0.4) is 0 Å². The minimum absolute atomic E-state index is 0.238. The van der Waals surface area contributed by atoms with Crippen LogP contribution in [0.1, 0.15) is 5.56 Å². The number of carbonyl (C=O) groups is 1. The average molecular weight is 315 g/mol. The second kappa shape index (κ2) is 7.96. The number of rotatable bonds is 3. The van der Waals surface area contributed by atoms with Crippen LogP contribution in [0.25, 0.3) is 0 Å². The summed E-state index contributed by atoms with van der Waals surface area (Å²) < 4.78 is 5.09. The monoisotopic (exact) mass is 314 g/mol. The van der Waals surface area contributed by atoms with Crippen LogP contribution in [-0.4, -0.2) is 19.7 Å². The van der Waals surface area contributed by atoms with Crippen molar-refractivity contribution in [3.05, 3.63) is 59.1 Å². The predicted octanol–water partition coefficient (Wildman–Crippen LogP) is 3.52. The van der Waals surface area contributed by atoms with Gasteiger partial charge in [0, 0.05) is 22.3 Å². The van der Waals surface area contributed by atoms with E-state index in [4.69, 9.17) is 16.3 Å². The Bertz CT molecular complexity index is 720. The Balaban J connectivity index is 1.83. The molecule has 0 aliphatic carbocycles. The van der Waals surface area contributed by atoms with E-state index in [9.17, 15) is 4.79 Å². The van der Waals surface area contributed by atoms with E-state index < -0.39 is 0 Å². The Kier molecular flexibility index (Phi) is 5.70. The van der Waals surface area contributed by atoms with E-state index in [1.54, 1.807) is 43.5 Å². The number of amides is 2. The lowest BCUT2D eigenvalue weighted by Gasteiger charge is -2.06. The first-order valence-corrected chi connectivity index (χ1v) is 6.98. The minimum atomic E-state index is -0.325. The molecule has 2 N–H and O–H groups in total. The van der Waals surface area contributed by atoms with E-state index in [-0.39, 0.29) is 12.6 Å². The number of halogens is 1. The summed E-state index contributed by atoms with van der Waals surface area (Å²) in [6, 6.07) is 14.0. The van der Waals surface area contributed by atoms with E-state index in [1.165, 1.54) is 0 Å². The van der Waals surface area contributed by atoms with Gasteiger partial charge in [-0.3, -0.25) is 0 Å². The van der Waals surface area contributed by atoms with Crippen LogP contribution in [0.15, 0.2) is 48.5 Å². The zero-order valence-electron chi connectivity index (χ0n) is 12.0. The van der Waals surface area contributed by atoms with Crippen molar-refractivity contribution in [2.75, 3.05) is 19.0 Å². The van der Waals surface area contributed by atoms with Gasteiger partial charge in [-0.1, -0.05) is 35.6 Å². The summed E-state index contributed by atoms with van der Waals surface area (Å²) in [6.07, 6.45) is 0. The quantitative estimate of drug-likeness (QED) is 0.852. The summed E-state index contributed by atoms with van der Waals surface area (Å²) in [4.78, 5) is 11.7. The zero-order valence-corrected chi connectivity index (χ0v) is 12.8. The highest BCUT2D eigenvalue weighted by Crippen LogP contribution is 2.16. The van der Waals surface area contributed by atoms with Gasteiger partial charge in [-0.05, 0) is 30.3 Å². The molecule has 2 amide bonds. The maximum absolute atomic E-state index is 11.7. The predicted molar refractivity (Wildman–Crippen MR) is 88.3 cm³/mol. The Hall–Kier alpha value is -2.64. The Labute approximate surface area is 134 Å². The van der Waals surface area contributed by atoms with Crippen LogP contribution in [0.2, 0.25) is 5.02 Å². The normalized spacial score (nSPS) is 9.36. The molecule has 0 spiro atoms. The van der Waals surface area contributed by atoms with E-state index in [0.29, 0.717) is 16.5 Å². The van der Waals surface area contributed by atoms with Crippen LogP contribution in [0.5, 0.6) is 5.75 Å². The summed E-state index contributed by atoms with van der Waals surface area (Å²) in [5.41, 5.74) is 1.46. The highest BCUT2D eigenvalue weighted by Gasteiger charge is 2.00. The van der Waals surface area contributed by atoms with Crippen LogP contribution in [0.4, 0.5) is 10.5 Å². The highest BCUT2D eigenvalue weighted by atomic mass is 35.5. The van der Waals surface area contributed by atoms with Crippen LogP contribution in [-0.2, 0) is 0 Å². The van der Waals surface area contributed by atoms with Crippen molar-refractivity contribution < 1.29 is 9.53 Å². The molecule has 0 unspecified atom stereocenters. The lowest BCUT2D eigenvalue weighted by molar-refractivity contribution is 0.253. The zero-order chi connectivity index (χ0) is 15.8. The molecule has 5 heteroatoms. The third-order valence-electron chi connectivity index (χ3n) is 2.72. The van der Waals surface area contributed by atoms with Gasteiger partial charge in [0.15, 0.2) is 0 Å². The minimum Gasteiger partial charge on any atom is -0.497 e. The first kappa shape index (κ1) is 15.7. The van der Waals surface area contributed by atoms with Crippen molar-refractivity contribution in [1.29, 1.82) is 0 Å². The molecule has 0 saturated carbocycles. The SMILES string of the molecule is COc1cccc(NC(=O)NCC#Cc2cccc(Cl)c2)c1. The fourth-order valence-electron chi connectivity index (χ4n) is 1.71. The molecule has 0 radical (unpaired) electrons. The second-order valence-corrected chi connectivity index (χ2v) is 4.79. The van der Waals surface area contributed by atoms with Gasteiger partial charge in [-0.15, -0.1) is 0 Å². The summed E-state index contributed by atoms with van der Waals surface area (Å²) in [6.45, 7) is 0.238. The molecule has 112 valence electrons. The summed E-state index contributed by atoms with van der Waals surface area (Å²) in [5, 5.41) is 6.00. The molecule has 0 saturated heterocycles. The summed E-state index contributed by atoms with van der Waals surface area (Å²) in [5.74, 6) is 6.47. The van der Waals surface area contributed by atoms with Crippen molar-refractivity contribution in [2.24, 2.45) is 0 Å². The standard InChI is InChI=1S/C17H15ClN2O2/c1-22-16-9-3-8-15(12-16)20-17(21)19-10-4-6-13-5-2-7-14(18)11-13/h2-3,5,7-9,11-12H,10H2,1H3,(H2,19,20,21). The first-order chi connectivity index (χ1) is 10.7. The Morgan fingerprint density at radius 2 is 2.05 bits per heavy atom. The molecule has 2 aromatic rings. The first-order valence-electron chi connectivity index (χ1n) is 6.61. The van der Waals surface area contributed by atoms with Gasteiger partial charge in [-0.2, -0.15) is 0 Å². The van der Waals surface area contributed by atoms with E-state index >= 15 is 0 Å². The van der Waals surface area contributed by atoms with Crippen molar-refractivity contribution in [1.82, 2.24) is 5.32 Å². The van der Waals surface area contributed by atoms with Gasteiger partial charge in [0.1, 0.15) is 5.75 Å². The summed E-state index contributed by atoms with van der Waals surface area (Å²) >= 11 is 5.87. The smallest absolute Gasteiger partial charge is 0.319 e. The average Bonchev–Trinajstić information content (AvgIpc) is 2.52. The van der Waals surface area contributed by atoms with Crippen LogP contribution in [0, 0.1) is 11.8 Å².